The lowest BCUT2D eigenvalue weighted by Crippen LogP contribution is -2.04. The van der Waals surface area contributed by atoms with Crippen molar-refractivity contribution in [2.75, 3.05) is 13.7 Å². The van der Waals surface area contributed by atoms with E-state index in [9.17, 15) is 9.90 Å². The molecule has 0 aliphatic carbocycles. The Morgan fingerprint density at radius 1 is 1.39 bits per heavy atom. The van der Waals surface area contributed by atoms with Gasteiger partial charge in [0.05, 0.1) is 24.8 Å². The molecule has 0 amide bonds. The van der Waals surface area contributed by atoms with Gasteiger partial charge in [-0.1, -0.05) is 0 Å². The molecule has 0 atom stereocenters. The van der Waals surface area contributed by atoms with Gasteiger partial charge in [-0.05, 0) is 19.1 Å². The highest BCUT2D eigenvalue weighted by Crippen LogP contribution is 2.30. The predicted molar refractivity (Wildman–Crippen MR) is 65.9 cm³/mol. The number of pyridine rings is 1. The van der Waals surface area contributed by atoms with Gasteiger partial charge >= 0.3 is 5.97 Å². The van der Waals surface area contributed by atoms with Crippen LogP contribution in [0.4, 0.5) is 0 Å². The zero-order valence-electron chi connectivity index (χ0n) is 10.1. The molecule has 0 spiro atoms. The van der Waals surface area contributed by atoms with Crippen molar-refractivity contribution in [3.05, 3.63) is 30.0 Å². The highest BCUT2D eigenvalue weighted by molar-refractivity contribution is 5.94. The number of aromatic hydroxyl groups is 1. The van der Waals surface area contributed by atoms with Crippen LogP contribution in [0, 0.1) is 0 Å². The average molecular weight is 247 g/mol. The molecule has 2 rings (SSSR count). The Bertz CT molecular complexity index is 595. The number of phenols is 1. The van der Waals surface area contributed by atoms with E-state index >= 15 is 0 Å². The SMILES string of the molecule is CCOC(=O)c1cnc2cc(O)c(OC)cc2c1. The maximum atomic E-state index is 11.6. The minimum absolute atomic E-state index is 0.0152. The number of carbonyl (C=O) groups is 1. The first-order valence-corrected chi connectivity index (χ1v) is 5.49. The molecule has 0 radical (unpaired) electrons. The molecular weight excluding hydrogens is 234 g/mol. The minimum atomic E-state index is -0.418. The molecule has 0 unspecified atom stereocenters. The molecule has 0 aliphatic rings. The summed E-state index contributed by atoms with van der Waals surface area (Å²) in [4.78, 5) is 15.7. The molecule has 0 aliphatic heterocycles. The summed E-state index contributed by atoms with van der Waals surface area (Å²) < 4.78 is 9.90. The molecule has 0 fully saturated rings. The highest BCUT2D eigenvalue weighted by atomic mass is 16.5. The number of benzene rings is 1. The second-order valence-corrected chi connectivity index (χ2v) is 3.66. The number of aromatic nitrogens is 1. The van der Waals surface area contributed by atoms with Crippen LogP contribution in [0.3, 0.4) is 0 Å². The van der Waals surface area contributed by atoms with Crippen LogP contribution < -0.4 is 4.74 Å². The minimum Gasteiger partial charge on any atom is -0.504 e. The van der Waals surface area contributed by atoms with Gasteiger partial charge in [0, 0.05) is 17.6 Å². The zero-order chi connectivity index (χ0) is 13.1. The topological polar surface area (TPSA) is 68.7 Å². The number of phenolic OH excluding ortho intramolecular Hbond substituents is 1. The molecule has 0 bridgehead atoms. The number of ether oxygens (including phenoxy) is 2. The summed E-state index contributed by atoms with van der Waals surface area (Å²) in [5, 5.41) is 10.3. The Balaban J connectivity index is 2.50. The van der Waals surface area contributed by atoms with Crippen molar-refractivity contribution in [2.24, 2.45) is 0 Å². The van der Waals surface area contributed by atoms with E-state index in [1.54, 1.807) is 19.1 Å². The van der Waals surface area contributed by atoms with Crippen molar-refractivity contribution < 1.29 is 19.4 Å². The van der Waals surface area contributed by atoms with Gasteiger partial charge in [0.25, 0.3) is 0 Å². The maximum absolute atomic E-state index is 11.6. The third kappa shape index (κ3) is 2.20. The monoisotopic (exact) mass is 247 g/mol. The van der Waals surface area contributed by atoms with Crippen molar-refractivity contribution in [2.45, 2.75) is 6.92 Å². The van der Waals surface area contributed by atoms with Gasteiger partial charge < -0.3 is 14.6 Å². The van der Waals surface area contributed by atoms with E-state index in [-0.39, 0.29) is 5.75 Å². The van der Waals surface area contributed by atoms with E-state index in [1.165, 1.54) is 19.4 Å². The number of esters is 1. The molecule has 1 N–H and O–H groups in total. The van der Waals surface area contributed by atoms with Crippen molar-refractivity contribution in [3.8, 4) is 11.5 Å². The lowest BCUT2D eigenvalue weighted by Gasteiger charge is -2.06. The van der Waals surface area contributed by atoms with Gasteiger partial charge in [-0.2, -0.15) is 0 Å². The molecule has 18 heavy (non-hydrogen) atoms. The second kappa shape index (κ2) is 4.91. The average Bonchev–Trinajstić information content (AvgIpc) is 2.37. The van der Waals surface area contributed by atoms with Crippen LogP contribution in [0.15, 0.2) is 24.4 Å². The zero-order valence-corrected chi connectivity index (χ0v) is 10.1. The van der Waals surface area contributed by atoms with Gasteiger partial charge in [-0.15, -0.1) is 0 Å². The number of fused-ring (bicyclic) bond motifs is 1. The molecule has 1 aromatic heterocycles. The maximum Gasteiger partial charge on any atom is 0.339 e. The summed E-state index contributed by atoms with van der Waals surface area (Å²) in [6, 6.07) is 4.77. The fourth-order valence-electron chi connectivity index (χ4n) is 1.63. The van der Waals surface area contributed by atoms with Crippen LogP contribution >= 0.6 is 0 Å². The van der Waals surface area contributed by atoms with Crippen molar-refractivity contribution in [1.29, 1.82) is 0 Å². The summed E-state index contributed by atoms with van der Waals surface area (Å²) in [6.07, 6.45) is 1.42. The molecule has 94 valence electrons. The van der Waals surface area contributed by atoms with Gasteiger partial charge in [-0.25, -0.2) is 4.79 Å². The van der Waals surface area contributed by atoms with E-state index in [4.69, 9.17) is 9.47 Å². The van der Waals surface area contributed by atoms with Crippen molar-refractivity contribution in [3.63, 3.8) is 0 Å². The molecular formula is C13H13NO4. The largest absolute Gasteiger partial charge is 0.504 e. The summed E-state index contributed by atoms with van der Waals surface area (Å²) in [5.74, 6) is -0.0642. The number of carbonyl (C=O) groups excluding carboxylic acids is 1. The van der Waals surface area contributed by atoms with E-state index in [0.29, 0.717) is 28.8 Å². The standard InChI is InChI=1S/C13H13NO4/c1-3-18-13(16)9-4-8-5-12(17-2)11(15)6-10(8)14-7-9/h4-7,15H,3H2,1-2H3. The number of methoxy groups -OCH3 is 1. The fraction of sp³-hybridized carbons (Fsp3) is 0.231. The van der Waals surface area contributed by atoms with Crippen LogP contribution in [0.25, 0.3) is 10.9 Å². The van der Waals surface area contributed by atoms with Crippen LogP contribution in [0.1, 0.15) is 17.3 Å². The van der Waals surface area contributed by atoms with Crippen LogP contribution in [-0.2, 0) is 4.74 Å². The van der Waals surface area contributed by atoms with Crippen LogP contribution in [-0.4, -0.2) is 29.8 Å². The summed E-state index contributed by atoms with van der Waals surface area (Å²) in [5.41, 5.74) is 0.957. The van der Waals surface area contributed by atoms with Gasteiger partial charge in [0.2, 0.25) is 0 Å². The third-order valence-electron chi connectivity index (χ3n) is 2.49. The van der Waals surface area contributed by atoms with Gasteiger partial charge in [-0.3, -0.25) is 4.98 Å². The second-order valence-electron chi connectivity index (χ2n) is 3.66. The Labute approximate surface area is 104 Å². The summed E-state index contributed by atoms with van der Waals surface area (Å²) in [7, 11) is 1.46. The summed E-state index contributed by atoms with van der Waals surface area (Å²) >= 11 is 0. The van der Waals surface area contributed by atoms with Crippen molar-refractivity contribution in [1.82, 2.24) is 4.98 Å². The summed E-state index contributed by atoms with van der Waals surface area (Å²) in [6.45, 7) is 2.06. The molecule has 0 saturated heterocycles. The van der Waals surface area contributed by atoms with Crippen molar-refractivity contribution >= 4 is 16.9 Å². The molecule has 1 heterocycles. The van der Waals surface area contributed by atoms with Crippen LogP contribution in [0.2, 0.25) is 0 Å². The number of rotatable bonds is 3. The van der Waals surface area contributed by atoms with Crippen LogP contribution in [0.5, 0.6) is 11.5 Å². The lowest BCUT2D eigenvalue weighted by molar-refractivity contribution is 0.0526. The Morgan fingerprint density at radius 2 is 2.17 bits per heavy atom. The van der Waals surface area contributed by atoms with E-state index in [2.05, 4.69) is 4.98 Å². The quantitative estimate of drug-likeness (QED) is 0.841. The first kappa shape index (κ1) is 12.2. The lowest BCUT2D eigenvalue weighted by atomic mass is 10.1. The smallest absolute Gasteiger partial charge is 0.339 e. The Hall–Kier alpha value is -2.30. The normalized spacial score (nSPS) is 10.3. The van der Waals surface area contributed by atoms with Gasteiger partial charge in [0.1, 0.15) is 0 Å². The number of hydrogen-bond acceptors (Lipinski definition) is 5. The van der Waals surface area contributed by atoms with Gasteiger partial charge in [0.15, 0.2) is 11.5 Å². The molecule has 0 saturated carbocycles. The third-order valence-corrected chi connectivity index (χ3v) is 2.49. The molecule has 2 aromatic rings. The highest BCUT2D eigenvalue weighted by Gasteiger charge is 2.10. The fourth-order valence-corrected chi connectivity index (χ4v) is 1.63. The molecule has 5 heteroatoms. The first-order valence-electron chi connectivity index (χ1n) is 5.49. The molecule has 5 nitrogen and oxygen atoms in total. The van der Waals surface area contributed by atoms with E-state index in [0.717, 1.165) is 0 Å². The molecule has 1 aromatic carbocycles. The Kier molecular flexibility index (Phi) is 3.32. The van der Waals surface area contributed by atoms with E-state index < -0.39 is 5.97 Å². The Morgan fingerprint density at radius 3 is 2.83 bits per heavy atom. The number of nitrogens with zero attached hydrogens (tertiary/aromatic N) is 1. The first-order chi connectivity index (χ1) is 8.65. The van der Waals surface area contributed by atoms with E-state index in [1.807, 2.05) is 0 Å². The number of hydrogen-bond donors (Lipinski definition) is 1. The predicted octanol–water partition coefficient (Wildman–Crippen LogP) is 2.13.